The van der Waals surface area contributed by atoms with E-state index in [0.717, 1.165) is 24.0 Å². The first-order chi connectivity index (χ1) is 10.5. The van der Waals surface area contributed by atoms with Gasteiger partial charge in [-0.15, -0.1) is 0 Å². The zero-order chi connectivity index (χ0) is 15.7. The number of sulfonamides is 1. The van der Waals surface area contributed by atoms with Crippen molar-refractivity contribution in [1.29, 1.82) is 0 Å². The molecule has 1 saturated carbocycles. The lowest BCUT2D eigenvalue weighted by molar-refractivity contribution is 0.529. The first-order valence-corrected chi connectivity index (χ1v) is 9.16. The third-order valence-electron chi connectivity index (χ3n) is 3.92. The van der Waals surface area contributed by atoms with Crippen LogP contribution in [0.3, 0.4) is 0 Å². The molecule has 0 spiro atoms. The molecule has 22 heavy (non-hydrogen) atoms. The van der Waals surface area contributed by atoms with Crippen molar-refractivity contribution in [3.63, 3.8) is 0 Å². The summed E-state index contributed by atoms with van der Waals surface area (Å²) in [6.45, 7) is 2.02. The van der Waals surface area contributed by atoms with Gasteiger partial charge in [-0.1, -0.05) is 47.5 Å². The SMILES string of the molecule is Cc1ccc(C(NS(=O)(=O)c2cccc(Cl)c2)C2CC2)cc1. The minimum atomic E-state index is -3.58. The number of aryl methyl sites for hydroxylation is 1. The molecule has 2 aromatic rings. The van der Waals surface area contributed by atoms with Gasteiger partial charge in [-0.3, -0.25) is 0 Å². The van der Waals surface area contributed by atoms with E-state index in [9.17, 15) is 8.42 Å². The van der Waals surface area contributed by atoms with E-state index in [2.05, 4.69) is 4.72 Å². The van der Waals surface area contributed by atoms with Gasteiger partial charge in [-0.25, -0.2) is 13.1 Å². The van der Waals surface area contributed by atoms with Gasteiger partial charge in [0.25, 0.3) is 0 Å². The molecule has 0 aliphatic heterocycles. The standard InChI is InChI=1S/C17H18ClNO2S/c1-12-5-7-13(8-6-12)17(14-9-10-14)19-22(20,21)16-4-2-3-15(18)11-16/h2-8,11,14,17,19H,9-10H2,1H3. The van der Waals surface area contributed by atoms with E-state index in [1.807, 2.05) is 31.2 Å². The Morgan fingerprint density at radius 1 is 1.14 bits per heavy atom. The van der Waals surface area contributed by atoms with Crippen LogP contribution in [-0.4, -0.2) is 8.42 Å². The lowest BCUT2D eigenvalue weighted by atomic mass is 10.0. The molecule has 1 N–H and O–H groups in total. The lowest BCUT2D eigenvalue weighted by Gasteiger charge is -2.19. The van der Waals surface area contributed by atoms with Gasteiger partial charge in [0.1, 0.15) is 0 Å². The molecular weight excluding hydrogens is 318 g/mol. The van der Waals surface area contributed by atoms with Gasteiger partial charge in [0.05, 0.1) is 4.90 Å². The van der Waals surface area contributed by atoms with E-state index in [1.165, 1.54) is 6.07 Å². The number of hydrogen-bond donors (Lipinski definition) is 1. The molecule has 1 atom stereocenters. The largest absolute Gasteiger partial charge is 0.241 e. The summed E-state index contributed by atoms with van der Waals surface area (Å²) >= 11 is 5.90. The van der Waals surface area contributed by atoms with Gasteiger partial charge < -0.3 is 0 Å². The highest BCUT2D eigenvalue weighted by atomic mass is 35.5. The van der Waals surface area contributed by atoms with Crippen molar-refractivity contribution >= 4 is 21.6 Å². The van der Waals surface area contributed by atoms with E-state index in [-0.39, 0.29) is 10.9 Å². The summed E-state index contributed by atoms with van der Waals surface area (Å²) in [6.07, 6.45) is 2.10. The van der Waals surface area contributed by atoms with Gasteiger partial charge >= 0.3 is 0 Å². The molecule has 0 heterocycles. The van der Waals surface area contributed by atoms with Crippen molar-refractivity contribution in [2.75, 3.05) is 0 Å². The third kappa shape index (κ3) is 3.51. The second kappa shape index (κ2) is 6.03. The van der Waals surface area contributed by atoms with Crippen LogP contribution in [0.15, 0.2) is 53.4 Å². The fourth-order valence-electron chi connectivity index (χ4n) is 2.51. The highest BCUT2D eigenvalue weighted by molar-refractivity contribution is 7.89. The minimum absolute atomic E-state index is 0.176. The monoisotopic (exact) mass is 335 g/mol. The second-order valence-electron chi connectivity index (χ2n) is 5.80. The predicted molar refractivity (Wildman–Crippen MR) is 88.4 cm³/mol. The van der Waals surface area contributed by atoms with Gasteiger partial charge in [0, 0.05) is 11.1 Å². The summed E-state index contributed by atoms with van der Waals surface area (Å²) in [4.78, 5) is 0.206. The molecule has 2 aromatic carbocycles. The first kappa shape index (κ1) is 15.5. The second-order valence-corrected chi connectivity index (χ2v) is 7.95. The Morgan fingerprint density at radius 3 is 2.41 bits per heavy atom. The van der Waals surface area contributed by atoms with E-state index in [0.29, 0.717) is 10.9 Å². The van der Waals surface area contributed by atoms with Crippen LogP contribution in [0.4, 0.5) is 0 Å². The fourth-order valence-corrected chi connectivity index (χ4v) is 4.10. The summed E-state index contributed by atoms with van der Waals surface area (Å²) in [6, 6.07) is 14.2. The van der Waals surface area contributed by atoms with Gasteiger partial charge in [-0.05, 0) is 49.4 Å². The lowest BCUT2D eigenvalue weighted by Crippen LogP contribution is -2.30. The average molecular weight is 336 g/mol. The topological polar surface area (TPSA) is 46.2 Å². The fraction of sp³-hybridized carbons (Fsp3) is 0.294. The molecule has 0 amide bonds. The molecule has 3 rings (SSSR count). The molecule has 1 aliphatic carbocycles. The van der Waals surface area contributed by atoms with Crippen molar-refractivity contribution < 1.29 is 8.42 Å². The zero-order valence-corrected chi connectivity index (χ0v) is 13.9. The number of hydrogen-bond acceptors (Lipinski definition) is 2. The number of benzene rings is 2. The Kier molecular flexibility index (Phi) is 4.26. The molecule has 5 heteroatoms. The average Bonchev–Trinajstić information content (AvgIpc) is 3.30. The van der Waals surface area contributed by atoms with Crippen LogP contribution in [0.25, 0.3) is 0 Å². The van der Waals surface area contributed by atoms with Crippen LogP contribution in [0.1, 0.15) is 30.0 Å². The van der Waals surface area contributed by atoms with Crippen LogP contribution in [0, 0.1) is 12.8 Å². The summed E-state index contributed by atoms with van der Waals surface area (Å²) in [7, 11) is -3.58. The molecule has 1 aliphatic rings. The van der Waals surface area contributed by atoms with Crippen molar-refractivity contribution in [3.05, 3.63) is 64.7 Å². The first-order valence-electron chi connectivity index (χ1n) is 7.30. The maximum Gasteiger partial charge on any atom is 0.241 e. The van der Waals surface area contributed by atoms with E-state index in [4.69, 9.17) is 11.6 Å². The summed E-state index contributed by atoms with van der Waals surface area (Å²) in [5.41, 5.74) is 2.18. The summed E-state index contributed by atoms with van der Waals surface area (Å²) in [5.74, 6) is 0.372. The zero-order valence-electron chi connectivity index (χ0n) is 12.3. The quantitative estimate of drug-likeness (QED) is 0.895. The molecule has 0 radical (unpaired) electrons. The number of halogens is 1. The summed E-state index contributed by atoms with van der Waals surface area (Å²) in [5, 5.41) is 0.418. The minimum Gasteiger partial charge on any atom is -0.207 e. The highest BCUT2D eigenvalue weighted by Crippen LogP contribution is 2.41. The molecule has 1 unspecified atom stereocenters. The Morgan fingerprint density at radius 2 is 1.82 bits per heavy atom. The molecule has 1 fully saturated rings. The van der Waals surface area contributed by atoms with Crippen molar-refractivity contribution in [3.8, 4) is 0 Å². The molecule has 3 nitrogen and oxygen atoms in total. The molecule has 0 aromatic heterocycles. The van der Waals surface area contributed by atoms with Crippen LogP contribution in [0.2, 0.25) is 5.02 Å². The molecule has 0 bridgehead atoms. The van der Waals surface area contributed by atoms with Crippen molar-refractivity contribution in [1.82, 2.24) is 4.72 Å². The van der Waals surface area contributed by atoms with Gasteiger partial charge in [-0.2, -0.15) is 0 Å². The van der Waals surface area contributed by atoms with Crippen LogP contribution in [-0.2, 0) is 10.0 Å². The Bertz CT molecular complexity index is 768. The van der Waals surface area contributed by atoms with E-state index >= 15 is 0 Å². The Hall–Kier alpha value is -1.36. The number of rotatable bonds is 5. The highest BCUT2D eigenvalue weighted by Gasteiger charge is 2.35. The van der Waals surface area contributed by atoms with Crippen molar-refractivity contribution in [2.45, 2.75) is 30.7 Å². The molecular formula is C17H18ClNO2S. The maximum atomic E-state index is 12.6. The molecule has 116 valence electrons. The Balaban J connectivity index is 1.89. The van der Waals surface area contributed by atoms with E-state index < -0.39 is 10.0 Å². The predicted octanol–water partition coefficient (Wildman–Crippen LogP) is 4.08. The maximum absolute atomic E-state index is 12.6. The smallest absolute Gasteiger partial charge is 0.207 e. The van der Waals surface area contributed by atoms with Crippen LogP contribution >= 0.6 is 11.6 Å². The third-order valence-corrected chi connectivity index (χ3v) is 5.59. The molecule has 0 saturated heterocycles. The van der Waals surface area contributed by atoms with E-state index in [1.54, 1.807) is 18.2 Å². The normalized spacial score (nSPS) is 16.5. The Labute approximate surface area is 136 Å². The number of nitrogens with one attached hydrogen (secondary N) is 1. The van der Waals surface area contributed by atoms with Gasteiger partial charge in [0.15, 0.2) is 0 Å². The van der Waals surface area contributed by atoms with Crippen LogP contribution in [0.5, 0.6) is 0 Å². The van der Waals surface area contributed by atoms with Crippen LogP contribution < -0.4 is 4.72 Å². The summed E-state index contributed by atoms with van der Waals surface area (Å²) < 4.78 is 28.0. The van der Waals surface area contributed by atoms with Gasteiger partial charge in [0.2, 0.25) is 10.0 Å². The van der Waals surface area contributed by atoms with Crippen molar-refractivity contribution in [2.24, 2.45) is 5.92 Å².